The fraction of sp³-hybridized carbons (Fsp3) is 0.0909. The third-order valence-corrected chi connectivity index (χ3v) is 4.90. The zero-order valence-corrected chi connectivity index (χ0v) is 17.2. The quantitative estimate of drug-likeness (QED) is 0.406. The Morgan fingerprint density at radius 3 is 2.52 bits per heavy atom. The summed E-state index contributed by atoms with van der Waals surface area (Å²) in [5.41, 5.74) is 2.14. The van der Waals surface area contributed by atoms with Gasteiger partial charge in [0.2, 0.25) is 0 Å². The van der Waals surface area contributed by atoms with E-state index >= 15 is 0 Å². The van der Waals surface area contributed by atoms with Crippen molar-refractivity contribution < 1.29 is 13.6 Å². The molecule has 0 aliphatic rings. The maximum Gasteiger partial charge on any atom is 0.266 e. The Bertz CT molecular complexity index is 1180. The molecule has 1 N–H and O–H groups in total. The number of rotatable bonds is 4. The first kappa shape index (κ1) is 20.5. The topological polar surface area (TPSA) is 57.8 Å². The summed E-state index contributed by atoms with van der Waals surface area (Å²) in [6, 6.07) is 14.0. The highest BCUT2D eigenvalue weighted by Gasteiger charge is 2.16. The molecular weight excluding hydrogens is 440 g/mol. The van der Waals surface area contributed by atoms with Gasteiger partial charge in [-0.2, -0.15) is 5.26 Å². The van der Waals surface area contributed by atoms with Crippen LogP contribution >= 0.6 is 15.9 Å². The van der Waals surface area contributed by atoms with Gasteiger partial charge in [-0.15, -0.1) is 0 Å². The Morgan fingerprint density at radius 2 is 1.86 bits per heavy atom. The van der Waals surface area contributed by atoms with Crippen LogP contribution in [0.5, 0.6) is 0 Å². The third-order valence-electron chi connectivity index (χ3n) is 4.41. The first-order valence-corrected chi connectivity index (χ1v) is 9.43. The third kappa shape index (κ3) is 4.28. The van der Waals surface area contributed by atoms with Crippen LogP contribution in [0.2, 0.25) is 0 Å². The summed E-state index contributed by atoms with van der Waals surface area (Å²) < 4.78 is 30.5. The van der Waals surface area contributed by atoms with Crippen molar-refractivity contribution in [3.63, 3.8) is 0 Å². The number of hydrogen-bond donors (Lipinski definition) is 1. The fourth-order valence-corrected chi connectivity index (χ4v) is 3.36. The lowest BCUT2D eigenvalue weighted by Gasteiger charge is -2.11. The Balaban J connectivity index is 1.98. The molecule has 1 aromatic heterocycles. The minimum Gasteiger partial charge on any atom is -0.319 e. The number of carbonyl (C=O) groups excluding carboxylic acids is 1. The summed E-state index contributed by atoms with van der Waals surface area (Å²) in [4.78, 5) is 12.4. The first-order chi connectivity index (χ1) is 13.8. The molecule has 0 fully saturated rings. The fourth-order valence-electron chi connectivity index (χ4n) is 3.02. The van der Waals surface area contributed by atoms with Gasteiger partial charge in [0.25, 0.3) is 5.91 Å². The summed E-state index contributed by atoms with van der Waals surface area (Å²) in [7, 11) is 0. The van der Waals surface area contributed by atoms with Crippen molar-refractivity contribution in [1.29, 1.82) is 5.26 Å². The van der Waals surface area contributed by atoms with Gasteiger partial charge in [0.15, 0.2) is 0 Å². The number of nitrogens with one attached hydrogen (secondary N) is 1. The number of benzene rings is 2. The largest absolute Gasteiger partial charge is 0.319 e. The second-order valence-electron chi connectivity index (χ2n) is 6.36. The molecule has 0 unspecified atom stereocenters. The number of aryl methyl sites for hydroxylation is 1. The van der Waals surface area contributed by atoms with Gasteiger partial charge >= 0.3 is 0 Å². The SMILES string of the molecule is Cc1cc(/C=C(/C#N)C(=O)Nc2ccccc2F)c(C)n1-c1ccc(Br)cc1F. The molecule has 1 heterocycles. The number of amides is 1. The van der Waals surface area contributed by atoms with Crippen LogP contribution in [-0.2, 0) is 4.79 Å². The van der Waals surface area contributed by atoms with E-state index in [1.54, 1.807) is 42.7 Å². The van der Waals surface area contributed by atoms with Crippen LogP contribution in [0.15, 0.2) is 58.6 Å². The van der Waals surface area contributed by atoms with Gasteiger partial charge in [-0.05, 0) is 61.9 Å². The molecule has 0 radical (unpaired) electrons. The normalized spacial score (nSPS) is 11.2. The molecular formula is C22H16BrF2N3O. The molecule has 0 bridgehead atoms. The van der Waals surface area contributed by atoms with E-state index in [0.29, 0.717) is 21.4 Å². The van der Waals surface area contributed by atoms with Crippen LogP contribution in [0, 0.1) is 36.8 Å². The number of anilines is 1. The standard InChI is InChI=1S/C22H16BrF2N3O/c1-13-9-15(14(2)28(13)21-8-7-17(23)11-19(21)25)10-16(12-26)22(29)27-20-6-4-3-5-18(20)24/h3-11H,1-2H3,(H,27,29)/b16-10-. The summed E-state index contributed by atoms with van der Waals surface area (Å²) in [5.74, 6) is -1.73. The predicted octanol–water partition coefficient (Wildman–Crippen LogP) is 5.68. The molecule has 3 aromatic rings. The van der Waals surface area contributed by atoms with E-state index in [1.165, 1.54) is 30.3 Å². The zero-order valence-electron chi connectivity index (χ0n) is 15.6. The van der Waals surface area contributed by atoms with Crippen LogP contribution in [0.4, 0.5) is 14.5 Å². The zero-order chi connectivity index (χ0) is 21.1. The molecule has 1 amide bonds. The number of carbonyl (C=O) groups is 1. The smallest absolute Gasteiger partial charge is 0.266 e. The molecule has 0 saturated heterocycles. The van der Waals surface area contributed by atoms with E-state index < -0.39 is 17.5 Å². The molecule has 0 aliphatic carbocycles. The van der Waals surface area contributed by atoms with Gasteiger partial charge in [0, 0.05) is 15.9 Å². The lowest BCUT2D eigenvalue weighted by molar-refractivity contribution is -0.112. The van der Waals surface area contributed by atoms with Gasteiger partial charge < -0.3 is 9.88 Å². The second-order valence-corrected chi connectivity index (χ2v) is 7.28. The molecule has 0 aliphatic heterocycles. The van der Waals surface area contributed by atoms with Crippen LogP contribution < -0.4 is 5.32 Å². The predicted molar refractivity (Wildman–Crippen MR) is 112 cm³/mol. The number of nitriles is 1. The molecule has 0 spiro atoms. The van der Waals surface area contributed by atoms with E-state index in [4.69, 9.17) is 0 Å². The summed E-state index contributed by atoms with van der Waals surface area (Å²) >= 11 is 3.24. The lowest BCUT2D eigenvalue weighted by atomic mass is 10.1. The van der Waals surface area contributed by atoms with Gasteiger partial charge in [0.1, 0.15) is 23.3 Å². The van der Waals surface area contributed by atoms with Crippen molar-refractivity contribution in [2.45, 2.75) is 13.8 Å². The highest BCUT2D eigenvalue weighted by atomic mass is 79.9. The average molecular weight is 456 g/mol. The van der Waals surface area contributed by atoms with Gasteiger partial charge in [-0.25, -0.2) is 8.78 Å². The van der Waals surface area contributed by atoms with E-state index in [2.05, 4.69) is 21.2 Å². The van der Waals surface area contributed by atoms with E-state index in [1.807, 2.05) is 6.07 Å². The maximum atomic E-state index is 14.4. The molecule has 146 valence electrons. The summed E-state index contributed by atoms with van der Waals surface area (Å²) in [6.45, 7) is 3.57. The van der Waals surface area contributed by atoms with Crippen LogP contribution in [-0.4, -0.2) is 10.5 Å². The van der Waals surface area contributed by atoms with Crippen molar-refractivity contribution >= 4 is 33.6 Å². The van der Waals surface area contributed by atoms with E-state index in [-0.39, 0.29) is 11.3 Å². The average Bonchev–Trinajstić information content (AvgIpc) is 2.95. The molecule has 0 saturated carbocycles. The second kappa shape index (κ2) is 8.41. The molecule has 3 rings (SSSR count). The monoisotopic (exact) mass is 455 g/mol. The van der Waals surface area contributed by atoms with Crippen molar-refractivity contribution in [2.24, 2.45) is 0 Å². The number of para-hydroxylation sites is 1. The summed E-state index contributed by atoms with van der Waals surface area (Å²) in [6.07, 6.45) is 1.41. The van der Waals surface area contributed by atoms with Crippen LogP contribution in [0.3, 0.4) is 0 Å². The van der Waals surface area contributed by atoms with Crippen LogP contribution in [0.25, 0.3) is 11.8 Å². The van der Waals surface area contributed by atoms with Gasteiger partial charge in [-0.1, -0.05) is 28.1 Å². The van der Waals surface area contributed by atoms with Crippen molar-refractivity contribution in [1.82, 2.24) is 4.57 Å². The van der Waals surface area contributed by atoms with Crippen molar-refractivity contribution in [2.75, 3.05) is 5.32 Å². The highest BCUT2D eigenvalue weighted by molar-refractivity contribution is 9.10. The summed E-state index contributed by atoms with van der Waals surface area (Å²) in [5, 5.41) is 11.8. The number of aromatic nitrogens is 1. The minimum atomic E-state index is -0.725. The molecule has 4 nitrogen and oxygen atoms in total. The Kier molecular flexibility index (Phi) is 5.95. The van der Waals surface area contributed by atoms with Gasteiger partial charge in [-0.3, -0.25) is 4.79 Å². The molecule has 0 atom stereocenters. The molecule has 2 aromatic carbocycles. The highest BCUT2D eigenvalue weighted by Crippen LogP contribution is 2.26. The van der Waals surface area contributed by atoms with Crippen molar-refractivity contribution in [3.05, 3.63) is 87.2 Å². The number of nitrogens with zero attached hydrogens (tertiary/aromatic N) is 2. The van der Waals surface area contributed by atoms with Gasteiger partial charge in [0.05, 0.1) is 11.4 Å². The number of hydrogen-bond acceptors (Lipinski definition) is 2. The van der Waals surface area contributed by atoms with E-state index in [0.717, 1.165) is 5.69 Å². The Labute approximate surface area is 175 Å². The number of halogens is 3. The van der Waals surface area contributed by atoms with Crippen molar-refractivity contribution in [3.8, 4) is 11.8 Å². The Morgan fingerprint density at radius 1 is 1.14 bits per heavy atom. The maximum absolute atomic E-state index is 14.4. The lowest BCUT2D eigenvalue weighted by Crippen LogP contribution is -2.14. The molecule has 29 heavy (non-hydrogen) atoms. The molecule has 7 heteroatoms. The Hall–Kier alpha value is -3.24. The van der Waals surface area contributed by atoms with Crippen LogP contribution in [0.1, 0.15) is 17.0 Å². The first-order valence-electron chi connectivity index (χ1n) is 8.64. The minimum absolute atomic E-state index is 0.0129. The van der Waals surface area contributed by atoms with E-state index in [9.17, 15) is 18.8 Å².